The van der Waals surface area contributed by atoms with E-state index < -0.39 is 0 Å². The first-order chi connectivity index (χ1) is 9.08. The van der Waals surface area contributed by atoms with E-state index in [9.17, 15) is 0 Å². The quantitative estimate of drug-likeness (QED) is 0.845. The molecule has 0 spiro atoms. The maximum absolute atomic E-state index is 4.17. The number of aromatic nitrogens is 2. The summed E-state index contributed by atoms with van der Waals surface area (Å²) in [5, 5.41) is 7.71. The molecule has 1 atom stereocenters. The molecule has 0 aliphatic carbocycles. The van der Waals surface area contributed by atoms with E-state index in [0.29, 0.717) is 6.04 Å². The Balaban J connectivity index is 1.91. The number of aryl methyl sites for hydroxylation is 1. The van der Waals surface area contributed by atoms with Gasteiger partial charge in [0.1, 0.15) is 0 Å². The summed E-state index contributed by atoms with van der Waals surface area (Å²) in [6.45, 7) is 3.11. The molecule has 1 heterocycles. The first-order valence-electron chi connectivity index (χ1n) is 6.23. The topological polar surface area (TPSA) is 29.9 Å². The third kappa shape index (κ3) is 3.91. The molecule has 19 heavy (non-hydrogen) atoms. The van der Waals surface area contributed by atoms with Gasteiger partial charge in [-0.05, 0) is 30.7 Å². The highest BCUT2D eigenvalue weighted by molar-refractivity contribution is 9.11. The number of halogens is 2. The van der Waals surface area contributed by atoms with Gasteiger partial charge in [-0.15, -0.1) is 0 Å². The number of hydrogen-bond acceptors (Lipinski definition) is 2. The van der Waals surface area contributed by atoms with Crippen molar-refractivity contribution in [2.24, 2.45) is 7.05 Å². The van der Waals surface area contributed by atoms with Crippen LogP contribution in [0.2, 0.25) is 0 Å². The maximum atomic E-state index is 4.17. The molecule has 0 saturated carbocycles. The molecule has 0 radical (unpaired) electrons. The smallest absolute Gasteiger partial charge is 0.0492 e. The summed E-state index contributed by atoms with van der Waals surface area (Å²) in [4.78, 5) is 0. The highest BCUT2D eigenvalue weighted by Gasteiger charge is 2.09. The van der Waals surface area contributed by atoms with Crippen molar-refractivity contribution in [3.8, 4) is 0 Å². The predicted octanol–water partition coefficient (Wildman–Crippen LogP) is 3.84. The monoisotopic (exact) mass is 385 g/mol. The Morgan fingerprint density at radius 1 is 1.32 bits per heavy atom. The fourth-order valence-electron chi connectivity index (χ4n) is 2.03. The first-order valence-corrected chi connectivity index (χ1v) is 7.81. The molecule has 0 aliphatic heterocycles. The average molecular weight is 387 g/mol. The molecule has 1 N–H and O–H groups in total. The molecular formula is C14H17Br2N3. The van der Waals surface area contributed by atoms with Crippen LogP contribution in [0, 0.1) is 0 Å². The predicted molar refractivity (Wildman–Crippen MR) is 85.2 cm³/mol. The summed E-state index contributed by atoms with van der Waals surface area (Å²) in [6, 6.07) is 8.65. The number of benzene rings is 1. The van der Waals surface area contributed by atoms with Crippen molar-refractivity contribution < 1.29 is 0 Å². The van der Waals surface area contributed by atoms with Gasteiger partial charge in [0, 0.05) is 46.9 Å². The first kappa shape index (κ1) is 14.8. The summed E-state index contributed by atoms with van der Waals surface area (Å²) in [6.07, 6.45) is 2.82. The standard InChI is InChI=1S/C14H17Br2N3/c1-10(13-4-3-11(15)9-14(13)16)17-7-5-12-6-8-18-19(12)2/h3-4,6,8-10,17H,5,7H2,1-2H3. The molecule has 0 fully saturated rings. The van der Waals surface area contributed by atoms with Crippen LogP contribution in [-0.4, -0.2) is 16.3 Å². The van der Waals surface area contributed by atoms with Crippen molar-refractivity contribution in [2.75, 3.05) is 6.54 Å². The van der Waals surface area contributed by atoms with E-state index in [4.69, 9.17) is 0 Å². The van der Waals surface area contributed by atoms with Crippen molar-refractivity contribution >= 4 is 31.9 Å². The van der Waals surface area contributed by atoms with E-state index >= 15 is 0 Å². The second-order valence-electron chi connectivity index (χ2n) is 4.54. The normalized spacial score (nSPS) is 12.6. The van der Waals surface area contributed by atoms with Gasteiger partial charge < -0.3 is 5.32 Å². The van der Waals surface area contributed by atoms with Gasteiger partial charge in [0.25, 0.3) is 0 Å². The molecule has 0 bridgehead atoms. The third-order valence-corrected chi connectivity index (χ3v) is 4.36. The minimum atomic E-state index is 0.315. The molecule has 3 nitrogen and oxygen atoms in total. The van der Waals surface area contributed by atoms with E-state index in [-0.39, 0.29) is 0 Å². The van der Waals surface area contributed by atoms with E-state index in [1.165, 1.54) is 11.3 Å². The van der Waals surface area contributed by atoms with E-state index in [0.717, 1.165) is 21.9 Å². The van der Waals surface area contributed by atoms with E-state index in [1.807, 2.05) is 17.9 Å². The van der Waals surface area contributed by atoms with Crippen LogP contribution in [0.3, 0.4) is 0 Å². The highest BCUT2D eigenvalue weighted by atomic mass is 79.9. The lowest BCUT2D eigenvalue weighted by Crippen LogP contribution is -2.22. The van der Waals surface area contributed by atoms with Gasteiger partial charge in [0.2, 0.25) is 0 Å². The largest absolute Gasteiger partial charge is 0.310 e. The maximum Gasteiger partial charge on any atom is 0.0492 e. The van der Waals surface area contributed by atoms with Gasteiger partial charge in [0.05, 0.1) is 0 Å². The van der Waals surface area contributed by atoms with Crippen LogP contribution >= 0.6 is 31.9 Å². The van der Waals surface area contributed by atoms with Crippen LogP contribution in [0.1, 0.15) is 24.2 Å². The molecule has 1 aromatic carbocycles. The number of nitrogens with one attached hydrogen (secondary N) is 1. The molecule has 2 aromatic rings. The van der Waals surface area contributed by atoms with Crippen molar-refractivity contribution in [3.63, 3.8) is 0 Å². The molecule has 0 amide bonds. The molecule has 2 rings (SSSR count). The lowest BCUT2D eigenvalue weighted by atomic mass is 10.1. The Bertz CT molecular complexity index is 551. The lowest BCUT2D eigenvalue weighted by molar-refractivity contribution is 0.562. The number of rotatable bonds is 5. The second-order valence-corrected chi connectivity index (χ2v) is 6.31. The van der Waals surface area contributed by atoms with Crippen molar-refractivity contribution in [2.45, 2.75) is 19.4 Å². The lowest BCUT2D eigenvalue weighted by Gasteiger charge is -2.16. The van der Waals surface area contributed by atoms with Crippen molar-refractivity contribution in [1.29, 1.82) is 0 Å². The molecule has 1 aromatic heterocycles. The summed E-state index contributed by atoms with van der Waals surface area (Å²) in [7, 11) is 1.98. The van der Waals surface area contributed by atoms with Crippen LogP contribution in [0.15, 0.2) is 39.4 Å². The minimum absolute atomic E-state index is 0.315. The zero-order valence-electron chi connectivity index (χ0n) is 11.0. The van der Waals surface area contributed by atoms with Crippen LogP contribution in [0.25, 0.3) is 0 Å². The van der Waals surface area contributed by atoms with Gasteiger partial charge in [-0.3, -0.25) is 4.68 Å². The summed E-state index contributed by atoms with van der Waals surface area (Å²) < 4.78 is 4.13. The fraction of sp³-hybridized carbons (Fsp3) is 0.357. The third-order valence-electron chi connectivity index (χ3n) is 3.18. The van der Waals surface area contributed by atoms with E-state index in [2.05, 4.69) is 73.5 Å². The van der Waals surface area contributed by atoms with Crippen LogP contribution in [0.4, 0.5) is 0 Å². The SMILES string of the molecule is CC(NCCc1ccnn1C)c1ccc(Br)cc1Br. The van der Waals surface area contributed by atoms with Crippen molar-refractivity contribution in [3.05, 3.63) is 50.7 Å². The minimum Gasteiger partial charge on any atom is -0.310 e. The van der Waals surface area contributed by atoms with Gasteiger partial charge in [-0.25, -0.2) is 0 Å². The summed E-state index contributed by atoms with van der Waals surface area (Å²) in [5.74, 6) is 0. The summed E-state index contributed by atoms with van der Waals surface area (Å²) in [5.41, 5.74) is 2.52. The Labute approximate surface area is 130 Å². The zero-order valence-corrected chi connectivity index (χ0v) is 14.2. The zero-order chi connectivity index (χ0) is 13.8. The van der Waals surface area contributed by atoms with Gasteiger partial charge >= 0.3 is 0 Å². The van der Waals surface area contributed by atoms with Gasteiger partial charge in [0.15, 0.2) is 0 Å². The van der Waals surface area contributed by atoms with Gasteiger partial charge in [-0.2, -0.15) is 5.10 Å². The Hall–Kier alpha value is -0.650. The van der Waals surface area contributed by atoms with Crippen molar-refractivity contribution in [1.82, 2.24) is 15.1 Å². The Morgan fingerprint density at radius 2 is 2.11 bits per heavy atom. The molecule has 0 aliphatic rings. The average Bonchev–Trinajstić information content (AvgIpc) is 2.75. The highest BCUT2D eigenvalue weighted by Crippen LogP contribution is 2.26. The molecule has 102 valence electrons. The van der Waals surface area contributed by atoms with Crippen LogP contribution < -0.4 is 5.32 Å². The van der Waals surface area contributed by atoms with Crippen LogP contribution in [-0.2, 0) is 13.5 Å². The summed E-state index contributed by atoms with van der Waals surface area (Å²) >= 11 is 7.08. The molecular weight excluding hydrogens is 370 g/mol. The Morgan fingerprint density at radius 3 is 2.74 bits per heavy atom. The van der Waals surface area contributed by atoms with Gasteiger partial charge in [-0.1, -0.05) is 37.9 Å². The number of hydrogen-bond donors (Lipinski definition) is 1. The molecule has 1 unspecified atom stereocenters. The Kier molecular flexibility index (Phi) is 5.19. The fourth-order valence-corrected chi connectivity index (χ4v) is 3.42. The van der Waals surface area contributed by atoms with Crippen LogP contribution in [0.5, 0.6) is 0 Å². The molecule has 0 saturated heterocycles. The van der Waals surface area contributed by atoms with E-state index in [1.54, 1.807) is 0 Å². The second kappa shape index (κ2) is 6.68. The molecule has 5 heteroatoms. The number of nitrogens with zero attached hydrogens (tertiary/aromatic N) is 2.